The molecule has 0 amide bonds. The second-order valence-corrected chi connectivity index (χ2v) is 4.27. The molecule has 0 aliphatic rings. The van der Waals surface area contributed by atoms with Gasteiger partial charge in [0.2, 0.25) is 0 Å². The zero-order valence-corrected chi connectivity index (χ0v) is 10.0. The van der Waals surface area contributed by atoms with Gasteiger partial charge in [-0.3, -0.25) is 0 Å². The average Bonchev–Trinajstić information content (AvgIpc) is 2.92. The minimum absolute atomic E-state index is 0.854. The third kappa shape index (κ3) is 2.33. The van der Waals surface area contributed by atoms with Crippen molar-refractivity contribution in [2.24, 2.45) is 0 Å². The first-order chi connectivity index (χ1) is 8.92. The van der Waals surface area contributed by atoms with Crippen LogP contribution in [-0.4, -0.2) is 9.55 Å². The van der Waals surface area contributed by atoms with Crippen LogP contribution in [0.1, 0.15) is 5.56 Å². The summed E-state index contributed by atoms with van der Waals surface area (Å²) < 4.78 is 2.04. The van der Waals surface area contributed by atoms with Gasteiger partial charge in [-0.05, 0) is 22.4 Å². The molecule has 88 valence electrons. The van der Waals surface area contributed by atoms with Gasteiger partial charge in [0.15, 0.2) is 0 Å². The highest BCUT2D eigenvalue weighted by molar-refractivity contribution is 5.84. The van der Waals surface area contributed by atoms with Gasteiger partial charge >= 0.3 is 0 Å². The number of aromatic nitrogens is 2. The Labute approximate surface area is 106 Å². The Morgan fingerprint density at radius 3 is 2.78 bits per heavy atom. The van der Waals surface area contributed by atoms with E-state index in [1.807, 2.05) is 17.1 Å². The minimum atomic E-state index is 0.854. The van der Waals surface area contributed by atoms with Crippen LogP contribution in [-0.2, 0) is 6.54 Å². The molecule has 1 aromatic heterocycles. The van der Waals surface area contributed by atoms with E-state index in [2.05, 4.69) is 59.6 Å². The van der Waals surface area contributed by atoms with E-state index >= 15 is 0 Å². The normalized spacial score (nSPS) is 11.3. The highest BCUT2D eigenvalue weighted by Gasteiger charge is 1.92. The van der Waals surface area contributed by atoms with E-state index in [0.29, 0.717) is 0 Å². The third-order valence-corrected chi connectivity index (χ3v) is 2.96. The van der Waals surface area contributed by atoms with E-state index in [0.717, 1.165) is 6.54 Å². The summed E-state index contributed by atoms with van der Waals surface area (Å²) in [6.07, 6.45) is 9.87. The van der Waals surface area contributed by atoms with Crippen LogP contribution in [0.2, 0.25) is 0 Å². The van der Waals surface area contributed by atoms with Crippen molar-refractivity contribution in [1.82, 2.24) is 9.55 Å². The third-order valence-electron chi connectivity index (χ3n) is 2.96. The standard InChI is InChI=1S/C16H14N2/c1-2-6-16-12-14(7-8-15(16)5-1)4-3-10-18-11-9-17-13-18/h1-9,11-13H,10H2/b4-3+. The van der Waals surface area contributed by atoms with Crippen LogP contribution in [0.4, 0.5) is 0 Å². The Hall–Kier alpha value is -2.35. The Balaban J connectivity index is 1.80. The number of nitrogens with zero attached hydrogens (tertiary/aromatic N) is 2. The summed E-state index contributed by atoms with van der Waals surface area (Å²) in [5.41, 5.74) is 1.23. The molecule has 3 rings (SSSR count). The molecular formula is C16H14N2. The lowest BCUT2D eigenvalue weighted by atomic mass is 10.1. The summed E-state index contributed by atoms with van der Waals surface area (Å²) in [6.45, 7) is 0.854. The molecule has 0 N–H and O–H groups in total. The summed E-state index contributed by atoms with van der Waals surface area (Å²) in [5.74, 6) is 0. The molecule has 0 fully saturated rings. The van der Waals surface area contributed by atoms with E-state index in [-0.39, 0.29) is 0 Å². The predicted molar refractivity (Wildman–Crippen MR) is 75.2 cm³/mol. The summed E-state index contributed by atoms with van der Waals surface area (Å²) in [6, 6.07) is 14.9. The quantitative estimate of drug-likeness (QED) is 0.675. The molecule has 0 radical (unpaired) electrons. The van der Waals surface area contributed by atoms with Crippen LogP contribution in [0.3, 0.4) is 0 Å². The lowest BCUT2D eigenvalue weighted by Crippen LogP contribution is -1.89. The van der Waals surface area contributed by atoms with Gasteiger partial charge in [-0.2, -0.15) is 0 Å². The fourth-order valence-corrected chi connectivity index (χ4v) is 2.02. The Bertz CT molecular complexity index is 666. The van der Waals surface area contributed by atoms with Crippen LogP contribution in [0.25, 0.3) is 16.8 Å². The first kappa shape index (κ1) is 10.8. The van der Waals surface area contributed by atoms with Crippen molar-refractivity contribution in [3.8, 4) is 0 Å². The number of hydrogen-bond acceptors (Lipinski definition) is 1. The van der Waals surface area contributed by atoms with Gasteiger partial charge in [0.25, 0.3) is 0 Å². The van der Waals surface area contributed by atoms with Crippen molar-refractivity contribution in [1.29, 1.82) is 0 Å². The Kier molecular flexibility index (Phi) is 2.92. The van der Waals surface area contributed by atoms with E-state index in [1.165, 1.54) is 16.3 Å². The van der Waals surface area contributed by atoms with E-state index in [1.54, 1.807) is 6.20 Å². The van der Waals surface area contributed by atoms with E-state index < -0.39 is 0 Å². The second kappa shape index (κ2) is 4.88. The van der Waals surface area contributed by atoms with Crippen molar-refractivity contribution in [2.75, 3.05) is 0 Å². The van der Waals surface area contributed by atoms with Crippen molar-refractivity contribution >= 4 is 16.8 Å². The smallest absolute Gasteiger partial charge is 0.0948 e. The van der Waals surface area contributed by atoms with Gasteiger partial charge in [0.1, 0.15) is 0 Å². The SMILES string of the molecule is C(=C\c1ccc2ccccc2c1)/Cn1ccnc1. The Morgan fingerprint density at radius 1 is 1.06 bits per heavy atom. The monoisotopic (exact) mass is 234 g/mol. The summed E-state index contributed by atoms with van der Waals surface area (Å²) in [4.78, 5) is 4.02. The molecule has 0 aliphatic carbocycles. The van der Waals surface area contributed by atoms with Gasteiger partial charge in [0.05, 0.1) is 6.33 Å². The second-order valence-electron chi connectivity index (χ2n) is 4.27. The van der Waals surface area contributed by atoms with Crippen LogP contribution < -0.4 is 0 Å². The highest BCUT2D eigenvalue weighted by Crippen LogP contribution is 2.16. The van der Waals surface area contributed by atoms with Crippen molar-refractivity contribution in [3.05, 3.63) is 72.8 Å². The molecular weight excluding hydrogens is 220 g/mol. The van der Waals surface area contributed by atoms with Crippen molar-refractivity contribution in [3.63, 3.8) is 0 Å². The van der Waals surface area contributed by atoms with Crippen LogP contribution >= 0.6 is 0 Å². The molecule has 3 aromatic rings. The number of hydrogen-bond donors (Lipinski definition) is 0. The maximum absolute atomic E-state index is 4.02. The highest BCUT2D eigenvalue weighted by atomic mass is 15.0. The van der Waals surface area contributed by atoms with Gasteiger partial charge in [-0.25, -0.2) is 4.98 Å². The maximum Gasteiger partial charge on any atom is 0.0948 e. The molecule has 0 atom stereocenters. The lowest BCUT2D eigenvalue weighted by molar-refractivity contribution is 0.823. The largest absolute Gasteiger partial charge is 0.334 e. The number of imidazole rings is 1. The molecule has 2 heteroatoms. The minimum Gasteiger partial charge on any atom is -0.334 e. The number of rotatable bonds is 3. The molecule has 1 heterocycles. The predicted octanol–water partition coefficient (Wildman–Crippen LogP) is 3.75. The number of fused-ring (bicyclic) bond motifs is 1. The fraction of sp³-hybridized carbons (Fsp3) is 0.0625. The molecule has 0 unspecified atom stereocenters. The molecule has 2 aromatic carbocycles. The van der Waals surface area contributed by atoms with Crippen LogP contribution in [0.15, 0.2) is 67.3 Å². The van der Waals surface area contributed by atoms with Crippen molar-refractivity contribution in [2.45, 2.75) is 6.54 Å². The molecule has 0 bridgehead atoms. The molecule has 0 saturated carbocycles. The topological polar surface area (TPSA) is 17.8 Å². The molecule has 0 aliphatic heterocycles. The molecule has 2 nitrogen and oxygen atoms in total. The summed E-state index contributed by atoms with van der Waals surface area (Å²) in [7, 11) is 0. The lowest BCUT2D eigenvalue weighted by Gasteiger charge is -1.99. The van der Waals surface area contributed by atoms with E-state index in [9.17, 15) is 0 Å². The zero-order chi connectivity index (χ0) is 12.2. The van der Waals surface area contributed by atoms with Gasteiger partial charge in [-0.1, -0.05) is 48.6 Å². The average molecular weight is 234 g/mol. The van der Waals surface area contributed by atoms with Crippen molar-refractivity contribution < 1.29 is 0 Å². The molecule has 18 heavy (non-hydrogen) atoms. The first-order valence-corrected chi connectivity index (χ1v) is 6.03. The number of allylic oxidation sites excluding steroid dienone is 1. The Morgan fingerprint density at radius 2 is 1.94 bits per heavy atom. The fourth-order valence-electron chi connectivity index (χ4n) is 2.02. The van der Waals surface area contributed by atoms with E-state index in [4.69, 9.17) is 0 Å². The van der Waals surface area contributed by atoms with Gasteiger partial charge in [-0.15, -0.1) is 0 Å². The van der Waals surface area contributed by atoms with Gasteiger partial charge < -0.3 is 4.57 Å². The summed E-state index contributed by atoms with van der Waals surface area (Å²) >= 11 is 0. The molecule has 0 saturated heterocycles. The van der Waals surface area contributed by atoms with Crippen LogP contribution in [0.5, 0.6) is 0 Å². The zero-order valence-electron chi connectivity index (χ0n) is 10.0. The maximum atomic E-state index is 4.02. The summed E-state index contributed by atoms with van der Waals surface area (Å²) in [5, 5.41) is 2.56. The molecule has 0 spiro atoms. The van der Waals surface area contributed by atoms with Crippen LogP contribution in [0, 0.1) is 0 Å². The first-order valence-electron chi connectivity index (χ1n) is 6.03. The number of benzene rings is 2. The van der Waals surface area contributed by atoms with Gasteiger partial charge in [0, 0.05) is 18.9 Å².